The second-order valence-corrected chi connectivity index (χ2v) is 8.72. The predicted molar refractivity (Wildman–Crippen MR) is 145 cm³/mol. The molecule has 2 N–H and O–H groups in total. The quantitative estimate of drug-likeness (QED) is 0.314. The molecule has 0 unspecified atom stereocenters. The Balaban J connectivity index is 1.67. The third-order valence-corrected chi connectivity index (χ3v) is 5.74. The number of rotatable bonds is 9. The molecule has 0 bridgehead atoms. The molecule has 4 aromatic rings. The molecular weight excluding hydrogens is 455 g/mol. The number of carbonyl (C=O) groups excluding carboxylic acids is 1. The summed E-state index contributed by atoms with van der Waals surface area (Å²) in [4.78, 5) is 25.5. The van der Waals surface area contributed by atoms with Crippen molar-refractivity contribution in [2.24, 2.45) is 0 Å². The van der Waals surface area contributed by atoms with Gasteiger partial charge in [-0.1, -0.05) is 36.9 Å². The third kappa shape index (κ3) is 5.84. The number of fused-ring (bicyclic) bond motifs is 1. The first-order valence-electron chi connectivity index (χ1n) is 11.6. The van der Waals surface area contributed by atoms with Crippen molar-refractivity contribution in [3.05, 3.63) is 85.3 Å². The van der Waals surface area contributed by atoms with Gasteiger partial charge >= 0.3 is 0 Å². The van der Waals surface area contributed by atoms with Gasteiger partial charge in [-0.3, -0.25) is 4.79 Å². The summed E-state index contributed by atoms with van der Waals surface area (Å²) in [5.41, 5.74) is 4.50. The van der Waals surface area contributed by atoms with Gasteiger partial charge in [0.05, 0.1) is 16.9 Å². The maximum absolute atomic E-state index is 13.9. The zero-order chi connectivity index (χ0) is 25.7. The number of hydrogen-bond acceptors (Lipinski definition) is 6. The Labute approximate surface area is 210 Å². The lowest BCUT2D eigenvalue weighted by Crippen LogP contribution is -2.29. The highest BCUT2D eigenvalue weighted by Crippen LogP contribution is 2.31. The molecule has 0 aliphatic heterocycles. The molecule has 0 fully saturated rings. The number of nitrogens with zero attached hydrogens (tertiary/aromatic N) is 4. The summed E-state index contributed by atoms with van der Waals surface area (Å²) in [7, 11) is 6.02. The normalized spacial score (nSPS) is 10.9. The smallest absolute Gasteiger partial charge is 0.247 e. The van der Waals surface area contributed by atoms with Crippen LogP contribution in [0.15, 0.2) is 79.5 Å². The number of halogens is 1. The molecule has 3 aromatic carbocycles. The van der Waals surface area contributed by atoms with E-state index in [1.165, 1.54) is 18.2 Å². The van der Waals surface area contributed by atoms with Crippen LogP contribution in [0.3, 0.4) is 0 Å². The van der Waals surface area contributed by atoms with E-state index in [0.29, 0.717) is 22.8 Å². The van der Waals surface area contributed by atoms with Crippen LogP contribution in [-0.4, -0.2) is 55.0 Å². The Hall–Kier alpha value is -4.30. The van der Waals surface area contributed by atoms with Crippen molar-refractivity contribution in [1.82, 2.24) is 14.9 Å². The maximum Gasteiger partial charge on any atom is 0.247 e. The van der Waals surface area contributed by atoms with E-state index in [2.05, 4.69) is 32.0 Å². The van der Waals surface area contributed by atoms with Crippen molar-refractivity contribution >= 4 is 39.8 Å². The van der Waals surface area contributed by atoms with Gasteiger partial charge in [-0.15, -0.1) is 0 Å². The number of nitrogens with one attached hydrogen (secondary N) is 2. The van der Waals surface area contributed by atoms with Crippen LogP contribution in [0.2, 0.25) is 0 Å². The van der Waals surface area contributed by atoms with Gasteiger partial charge in [0, 0.05) is 43.0 Å². The molecule has 36 heavy (non-hydrogen) atoms. The molecule has 4 rings (SSSR count). The summed E-state index contributed by atoms with van der Waals surface area (Å²) < 4.78 is 13.9. The van der Waals surface area contributed by atoms with Crippen LogP contribution in [-0.2, 0) is 4.79 Å². The summed E-state index contributed by atoms with van der Waals surface area (Å²) in [6.07, 6.45) is 2.97. The zero-order valence-electron chi connectivity index (χ0n) is 20.6. The van der Waals surface area contributed by atoms with E-state index in [0.717, 1.165) is 35.3 Å². The Morgan fingerprint density at radius 3 is 2.61 bits per heavy atom. The molecular formula is C28H29FN6O. The Morgan fingerprint density at radius 2 is 1.86 bits per heavy atom. The fraction of sp³-hybridized carbons (Fsp3) is 0.179. The monoisotopic (exact) mass is 484 g/mol. The number of likely N-dealkylation sites (N-methyl/N-ethyl adjacent to an activating group) is 2. The average Bonchev–Trinajstić information content (AvgIpc) is 2.87. The summed E-state index contributed by atoms with van der Waals surface area (Å²) in [6, 6.07) is 17.9. The van der Waals surface area contributed by atoms with Gasteiger partial charge in [0.25, 0.3) is 0 Å². The van der Waals surface area contributed by atoms with Gasteiger partial charge in [0.15, 0.2) is 0 Å². The highest BCUT2D eigenvalue weighted by molar-refractivity contribution is 6.01. The number of para-hydroxylation sites is 1. The van der Waals surface area contributed by atoms with Gasteiger partial charge in [-0.25, -0.2) is 14.4 Å². The molecule has 0 aliphatic carbocycles. The molecule has 1 aromatic heterocycles. The maximum atomic E-state index is 13.9. The van der Waals surface area contributed by atoms with Crippen molar-refractivity contribution < 1.29 is 9.18 Å². The third-order valence-electron chi connectivity index (χ3n) is 5.74. The van der Waals surface area contributed by atoms with Crippen LogP contribution < -0.4 is 15.5 Å². The van der Waals surface area contributed by atoms with Crippen molar-refractivity contribution in [3.8, 4) is 11.1 Å². The van der Waals surface area contributed by atoms with Gasteiger partial charge in [-0.2, -0.15) is 0 Å². The summed E-state index contributed by atoms with van der Waals surface area (Å²) in [5.74, 6) is -0.209. The molecule has 0 spiro atoms. The summed E-state index contributed by atoms with van der Waals surface area (Å²) in [6.45, 7) is 5.21. The fourth-order valence-electron chi connectivity index (χ4n) is 3.84. The first-order chi connectivity index (χ1) is 17.3. The minimum Gasteiger partial charge on any atom is -0.372 e. The number of hydrogen-bond donors (Lipinski definition) is 2. The number of aromatic nitrogens is 2. The number of carbonyl (C=O) groups is 1. The number of amides is 1. The van der Waals surface area contributed by atoms with Crippen LogP contribution in [0.4, 0.5) is 27.4 Å². The lowest BCUT2D eigenvalue weighted by molar-refractivity contribution is -0.111. The second kappa shape index (κ2) is 11.0. The summed E-state index contributed by atoms with van der Waals surface area (Å²) in [5, 5.41) is 6.97. The Bertz CT molecular complexity index is 1400. The fourth-order valence-corrected chi connectivity index (χ4v) is 3.84. The highest BCUT2D eigenvalue weighted by Gasteiger charge is 2.13. The minimum atomic E-state index is -0.304. The molecule has 0 radical (unpaired) electrons. The van der Waals surface area contributed by atoms with Crippen LogP contribution in [0.1, 0.15) is 0 Å². The van der Waals surface area contributed by atoms with E-state index in [1.54, 1.807) is 12.3 Å². The molecule has 7 nitrogen and oxygen atoms in total. The van der Waals surface area contributed by atoms with E-state index in [4.69, 9.17) is 4.98 Å². The summed E-state index contributed by atoms with van der Waals surface area (Å²) >= 11 is 0. The molecule has 0 saturated carbocycles. The number of anilines is 4. The molecule has 1 heterocycles. The van der Waals surface area contributed by atoms with E-state index < -0.39 is 0 Å². The van der Waals surface area contributed by atoms with E-state index in [9.17, 15) is 9.18 Å². The van der Waals surface area contributed by atoms with Crippen molar-refractivity contribution in [2.45, 2.75) is 0 Å². The SMILES string of the molecule is C=CC(=O)Nc1cc(Nc2ncc3cccc(-c4cccc(F)c4)c3n2)ccc1N(C)CCN(C)C. The Kier molecular flexibility index (Phi) is 7.56. The van der Waals surface area contributed by atoms with Crippen LogP contribution >= 0.6 is 0 Å². The highest BCUT2D eigenvalue weighted by atomic mass is 19.1. The van der Waals surface area contributed by atoms with E-state index >= 15 is 0 Å². The van der Waals surface area contributed by atoms with Crippen LogP contribution in [0.25, 0.3) is 22.0 Å². The molecule has 1 amide bonds. The topological polar surface area (TPSA) is 73.4 Å². The van der Waals surface area contributed by atoms with Gasteiger partial charge in [0.1, 0.15) is 5.82 Å². The van der Waals surface area contributed by atoms with Crippen LogP contribution in [0, 0.1) is 5.82 Å². The molecule has 0 saturated heterocycles. The second-order valence-electron chi connectivity index (χ2n) is 8.72. The van der Waals surface area contributed by atoms with Crippen molar-refractivity contribution in [3.63, 3.8) is 0 Å². The van der Waals surface area contributed by atoms with Gasteiger partial charge in [0.2, 0.25) is 11.9 Å². The first kappa shape index (κ1) is 24.8. The molecule has 184 valence electrons. The average molecular weight is 485 g/mol. The van der Waals surface area contributed by atoms with Crippen molar-refractivity contribution in [1.29, 1.82) is 0 Å². The molecule has 8 heteroatoms. The van der Waals surface area contributed by atoms with E-state index in [1.807, 2.05) is 63.6 Å². The van der Waals surface area contributed by atoms with E-state index in [-0.39, 0.29) is 11.7 Å². The molecule has 0 aliphatic rings. The predicted octanol–water partition coefficient (Wildman–Crippen LogP) is 5.30. The lowest BCUT2D eigenvalue weighted by atomic mass is 10.0. The van der Waals surface area contributed by atoms with Gasteiger partial charge < -0.3 is 20.4 Å². The molecule has 0 atom stereocenters. The zero-order valence-corrected chi connectivity index (χ0v) is 20.6. The minimum absolute atomic E-state index is 0.295. The Morgan fingerprint density at radius 1 is 1.06 bits per heavy atom. The lowest BCUT2D eigenvalue weighted by Gasteiger charge is -2.24. The number of benzene rings is 3. The van der Waals surface area contributed by atoms with Crippen LogP contribution in [0.5, 0.6) is 0 Å². The standard InChI is InChI=1S/C28H29FN6O/c1-5-26(36)32-24-17-22(12-13-25(24)35(4)15-14-34(2)3)31-28-30-18-20-9-7-11-23(27(20)33-28)19-8-6-10-21(29)16-19/h5-13,16-18H,1,14-15H2,2-4H3,(H,32,36)(H,30,31,33). The van der Waals surface area contributed by atoms with Gasteiger partial charge in [-0.05, 0) is 56.1 Å². The van der Waals surface area contributed by atoms with Crippen molar-refractivity contribution in [2.75, 3.05) is 49.8 Å². The first-order valence-corrected chi connectivity index (χ1v) is 11.6. The largest absolute Gasteiger partial charge is 0.372 e.